The molecule has 1 saturated heterocycles. The first-order chi connectivity index (χ1) is 13.2. The number of carbonyl (C=O) groups excluding carboxylic acids is 3. The SMILES string of the molecule is O=CC[C@H](NC(=O)c1ccc(-c2ccccc2)cc1)C(=O)N1CCCCC1. The fourth-order valence-corrected chi connectivity index (χ4v) is 3.34. The largest absolute Gasteiger partial charge is 0.341 e. The van der Waals surface area contributed by atoms with Gasteiger partial charge in [0.25, 0.3) is 5.91 Å². The normalized spacial score (nSPS) is 15.0. The minimum Gasteiger partial charge on any atom is -0.341 e. The number of amides is 2. The van der Waals surface area contributed by atoms with Crippen LogP contribution in [0.5, 0.6) is 0 Å². The van der Waals surface area contributed by atoms with Crippen molar-refractivity contribution < 1.29 is 14.4 Å². The highest BCUT2D eigenvalue weighted by atomic mass is 16.2. The van der Waals surface area contributed by atoms with Crippen LogP contribution in [-0.4, -0.2) is 42.1 Å². The summed E-state index contributed by atoms with van der Waals surface area (Å²) >= 11 is 0. The Labute approximate surface area is 159 Å². The van der Waals surface area contributed by atoms with E-state index in [-0.39, 0.29) is 18.2 Å². The Hall–Kier alpha value is -2.95. The standard InChI is InChI=1S/C22H24N2O3/c25-16-13-20(22(27)24-14-5-2-6-15-24)23-21(26)19-11-9-18(10-12-19)17-7-3-1-4-8-17/h1,3-4,7-12,16,20H,2,5-6,13-15H2,(H,23,26)/t20-/m0/s1. The van der Waals surface area contributed by atoms with Crippen LogP contribution >= 0.6 is 0 Å². The van der Waals surface area contributed by atoms with Crippen molar-refractivity contribution in [1.82, 2.24) is 10.2 Å². The molecular weight excluding hydrogens is 340 g/mol. The third-order valence-electron chi connectivity index (χ3n) is 4.86. The number of likely N-dealkylation sites (tertiary alicyclic amines) is 1. The van der Waals surface area contributed by atoms with E-state index in [1.165, 1.54) is 0 Å². The van der Waals surface area contributed by atoms with Gasteiger partial charge in [-0.05, 0) is 42.5 Å². The van der Waals surface area contributed by atoms with Gasteiger partial charge < -0.3 is 15.0 Å². The summed E-state index contributed by atoms with van der Waals surface area (Å²) in [5.41, 5.74) is 2.56. The number of hydrogen-bond donors (Lipinski definition) is 1. The quantitative estimate of drug-likeness (QED) is 0.801. The average Bonchev–Trinajstić information content (AvgIpc) is 2.74. The molecule has 0 saturated carbocycles. The first-order valence-corrected chi connectivity index (χ1v) is 9.38. The van der Waals surface area contributed by atoms with Gasteiger partial charge in [-0.2, -0.15) is 0 Å². The van der Waals surface area contributed by atoms with Gasteiger partial charge >= 0.3 is 0 Å². The zero-order chi connectivity index (χ0) is 19.1. The van der Waals surface area contributed by atoms with E-state index in [0.717, 1.165) is 30.4 Å². The summed E-state index contributed by atoms with van der Waals surface area (Å²) in [4.78, 5) is 38.0. The van der Waals surface area contributed by atoms with Gasteiger partial charge in [0.2, 0.25) is 5.91 Å². The van der Waals surface area contributed by atoms with E-state index in [0.29, 0.717) is 24.9 Å². The van der Waals surface area contributed by atoms with Crippen molar-refractivity contribution >= 4 is 18.1 Å². The first kappa shape index (κ1) is 18.8. The summed E-state index contributed by atoms with van der Waals surface area (Å²) in [5, 5.41) is 2.73. The molecular formula is C22H24N2O3. The van der Waals surface area contributed by atoms with E-state index < -0.39 is 6.04 Å². The molecule has 27 heavy (non-hydrogen) atoms. The van der Waals surface area contributed by atoms with Crippen LogP contribution in [0.3, 0.4) is 0 Å². The average molecular weight is 364 g/mol. The highest BCUT2D eigenvalue weighted by Gasteiger charge is 2.27. The van der Waals surface area contributed by atoms with E-state index in [9.17, 15) is 14.4 Å². The van der Waals surface area contributed by atoms with E-state index in [1.54, 1.807) is 17.0 Å². The van der Waals surface area contributed by atoms with Crippen LogP contribution in [0.25, 0.3) is 11.1 Å². The third-order valence-corrected chi connectivity index (χ3v) is 4.86. The van der Waals surface area contributed by atoms with Crippen molar-refractivity contribution in [2.45, 2.75) is 31.7 Å². The number of nitrogens with zero attached hydrogens (tertiary/aromatic N) is 1. The van der Waals surface area contributed by atoms with Crippen molar-refractivity contribution in [1.29, 1.82) is 0 Å². The molecule has 1 heterocycles. The highest BCUT2D eigenvalue weighted by Crippen LogP contribution is 2.19. The molecule has 2 amide bonds. The third kappa shape index (κ3) is 4.82. The van der Waals surface area contributed by atoms with Crippen molar-refractivity contribution in [3.05, 3.63) is 60.2 Å². The molecule has 5 heteroatoms. The van der Waals surface area contributed by atoms with Crippen LogP contribution in [0.1, 0.15) is 36.0 Å². The Morgan fingerprint density at radius 3 is 2.19 bits per heavy atom. The number of carbonyl (C=O) groups is 3. The van der Waals surface area contributed by atoms with Crippen LogP contribution in [-0.2, 0) is 9.59 Å². The molecule has 0 spiro atoms. The molecule has 0 unspecified atom stereocenters. The fourth-order valence-electron chi connectivity index (χ4n) is 3.34. The Bertz CT molecular complexity index is 781. The fraction of sp³-hybridized carbons (Fsp3) is 0.318. The van der Waals surface area contributed by atoms with Gasteiger partial charge in [0.1, 0.15) is 12.3 Å². The maximum absolute atomic E-state index is 12.6. The monoisotopic (exact) mass is 364 g/mol. The molecule has 0 radical (unpaired) electrons. The second-order valence-electron chi connectivity index (χ2n) is 6.76. The molecule has 0 aromatic heterocycles. The number of piperidine rings is 1. The molecule has 3 rings (SSSR count). The lowest BCUT2D eigenvalue weighted by molar-refractivity contribution is -0.135. The van der Waals surface area contributed by atoms with Crippen LogP contribution in [0.4, 0.5) is 0 Å². The van der Waals surface area contributed by atoms with E-state index in [4.69, 9.17) is 0 Å². The lowest BCUT2D eigenvalue weighted by Gasteiger charge is -2.30. The number of aldehydes is 1. The van der Waals surface area contributed by atoms with E-state index in [2.05, 4.69) is 5.32 Å². The van der Waals surface area contributed by atoms with Crippen molar-refractivity contribution in [3.63, 3.8) is 0 Å². The minimum atomic E-state index is -0.804. The molecule has 1 aliphatic heterocycles. The molecule has 0 aliphatic carbocycles. The van der Waals surface area contributed by atoms with Crippen LogP contribution in [0, 0.1) is 0 Å². The summed E-state index contributed by atoms with van der Waals surface area (Å²) in [7, 11) is 0. The van der Waals surface area contributed by atoms with Gasteiger partial charge in [-0.3, -0.25) is 9.59 Å². The molecule has 1 atom stereocenters. The summed E-state index contributed by atoms with van der Waals surface area (Å²) in [6.07, 6.45) is 3.72. The first-order valence-electron chi connectivity index (χ1n) is 9.38. The Kier molecular flexibility index (Phi) is 6.36. The molecule has 1 aliphatic rings. The Morgan fingerprint density at radius 1 is 0.926 bits per heavy atom. The zero-order valence-corrected chi connectivity index (χ0v) is 15.3. The van der Waals surface area contributed by atoms with E-state index >= 15 is 0 Å². The highest BCUT2D eigenvalue weighted by molar-refractivity contribution is 5.98. The predicted octanol–water partition coefficient (Wildman–Crippen LogP) is 3.05. The van der Waals surface area contributed by atoms with Gasteiger partial charge in [-0.1, -0.05) is 42.5 Å². The summed E-state index contributed by atoms with van der Waals surface area (Å²) < 4.78 is 0. The molecule has 140 valence electrons. The van der Waals surface area contributed by atoms with Crippen molar-refractivity contribution in [3.8, 4) is 11.1 Å². The Morgan fingerprint density at radius 2 is 1.56 bits per heavy atom. The summed E-state index contributed by atoms with van der Waals surface area (Å²) in [6, 6.07) is 16.3. The predicted molar refractivity (Wildman–Crippen MR) is 104 cm³/mol. The van der Waals surface area contributed by atoms with Gasteiger partial charge in [-0.15, -0.1) is 0 Å². The number of hydrogen-bond acceptors (Lipinski definition) is 3. The van der Waals surface area contributed by atoms with Gasteiger partial charge in [0, 0.05) is 25.1 Å². The second-order valence-corrected chi connectivity index (χ2v) is 6.76. The summed E-state index contributed by atoms with van der Waals surface area (Å²) in [6.45, 7) is 1.38. The molecule has 5 nitrogen and oxygen atoms in total. The van der Waals surface area contributed by atoms with Crippen LogP contribution < -0.4 is 5.32 Å². The maximum atomic E-state index is 12.6. The maximum Gasteiger partial charge on any atom is 0.251 e. The van der Waals surface area contributed by atoms with E-state index in [1.807, 2.05) is 42.5 Å². The lowest BCUT2D eigenvalue weighted by Crippen LogP contribution is -2.50. The lowest BCUT2D eigenvalue weighted by atomic mass is 10.0. The second kappa shape index (κ2) is 9.12. The van der Waals surface area contributed by atoms with Crippen LogP contribution in [0.15, 0.2) is 54.6 Å². The number of benzene rings is 2. The molecule has 2 aromatic rings. The van der Waals surface area contributed by atoms with Gasteiger partial charge in [0.05, 0.1) is 0 Å². The van der Waals surface area contributed by atoms with Crippen molar-refractivity contribution in [2.75, 3.05) is 13.1 Å². The molecule has 0 bridgehead atoms. The Balaban J connectivity index is 1.68. The van der Waals surface area contributed by atoms with Gasteiger partial charge in [0.15, 0.2) is 0 Å². The zero-order valence-electron chi connectivity index (χ0n) is 15.3. The number of rotatable bonds is 6. The molecule has 1 N–H and O–H groups in total. The smallest absolute Gasteiger partial charge is 0.251 e. The minimum absolute atomic E-state index is 0.0107. The topological polar surface area (TPSA) is 66.5 Å². The molecule has 2 aromatic carbocycles. The molecule has 1 fully saturated rings. The number of nitrogens with one attached hydrogen (secondary N) is 1. The summed E-state index contributed by atoms with van der Waals surface area (Å²) in [5.74, 6) is -0.511. The van der Waals surface area contributed by atoms with Gasteiger partial charge in [-0.25, -0.2) is 0 Å². The van der Waals surface area contributed by atoms with Crippen molar-refractivity contribution in [2.24, 2.45) is 0 Å². The van der Waals surface area contributed by atoms with Crippen LogP contribution in [0.2, 0.25) is 0 Å².